The van der Waals surface area contributed by atoms with E-state index in [1.807, 2.05) is 36.4 Å². The van der Waals surface area contributed by atoms with Crippen molar-refractivity contribution in [3.63, 3.8) is 0 Å². The number of carbonyl (C=O) groups is 2. The molecule has 170 valence electrons. The standard InChI is InChI=1S/C24H28N2O6/c1-2-26(32-12-11-27)23(29)22-13-16(28)14-25(22)24(30)31-15-21-19-9-5-3-7-17(19)18-8-4-6-10-20(18)21/h3-10,16,21-22,27-28H,2,11-15H2,1H3/t16-,22+/m1/s1. The molecule has 2 aliphatic rings. The van der Waals surface area contributed by atoms with E-state index in [1.165, 1.54) is 4.90 Å². The fourth-order valence-electron chi connectivity index (χ4n) is 4.55. The Bertz CT molecular complexity index is 935. The SMILES string of the molecule is CCN(OCCO)C(=O)[C@@H]1C[C@@H](O)CN1C(=O)OCC1c2ccccc2-c2ccccc21. The Hall–Kier alpha value is -2.94. The molecule has 2 aromatic carbocycles. The van der Waals surface area contributed by atoms with Gasteiger partial charge in [-0.15, -0.1) is 0 Å². The van der Waals surface area contributed by atoms with Gasteiger partial charge in [-0.2, -0.15) is 0 Å². The van der Waals surface area contributed by atoms with Crippen molar-refractivity contribution in [2.45, 2.75) is 31.4 Å². The lowest BCUT2D eigenvalue weighted by Crippen LogP contribution is -2.48. The number of hydrogen-bond donors (Lipinski definition) is 2. The highest BCUT2D eigenvalue weighted by Crippen LogP contribution is 2.44. The summed E-state index contributed by atoms with van der Waals surface area (Å²) in [5.41, 5.74) is 4.47. The summed E-state index contributed by atoms with van der Waals surface area (Å²) in [6, 6.07) is 15.2. The summed E-state index contributed by atoms with van der Waals surface area (Å²) in [4.78, 5) is 32.4. The Morgan fingerprint density at radius 1 is 1.09 bits per heavy atom. The summed E-state index contributed by atoms with van der Waals surface area (Å²) in [7, 11) is 0. The zero-order valence-corrected chi connectivity index (χ0v) is 18.0. The quantitative estimate of drug-likeness (QED) is 0.640. The highest BCUT2D eigenvalue weighted by molar-refractivity contribution is 5.86. The number of hydrogen-bond acceptors (Lipinski definition) is 6. The molecule has 8 nitrogen and oxygen atoms in total. The molecule has 0 aromatic heterocycles. The minimum Gasteiger partial charge on any atom is -0.448 e. The Morgan fingerprint density at radius 2 is 1.72 bits per heavy atom. The smallest absolute Gasteiger partial charge is 0.410 e. The van der Waals surface area contributed by atoms with Gasteiger partial charge in [0.05, 0.1) is 25.9 Å². The van der Waals surface area contributed by atoms with Crippen LogP contribution in [0.5, 0.6) is 0 Å². The highest BCUT2D eigenvalue weighted by Gasteiger charge is 2.42. The maximum Gasteiger partial charge on any atom is 0.410 e. The maximum atomic E-state index is 13.0. The molecular formula is C24H28N2O6. The van der Waals surface area contributed by atoms with Gasteiger partial charge in [0.1, 0.15) is 12.6 Å². The van der Waals surface area contributed by atoms with Crippen LogP contribution in [0.15, 0.2) is 48.5 Å². The average Bonchev–Trinajstić information content (AvgIpc) is 3.36. The number of amides is 2. The molecule has 1 aliphatic carbocycles. The maximum absolute atomic E-state index is 13.0. The van der Waals surface area contributed by atoms with Gasteiger partial charge in [0.25, 0.3) is 5.91 Å². The van der Waals surface area contributed by atoms with Crippen LogP contribution < -0.4 is 0 Å². The van der Waals surface area contributed by atoms with Crippen LogP contribution in [0, 0.1) is 0 Å². The van der Waals surface area contributed by atoms with Crippen LogP contribution in [0.4, 0.5) is 4.79 Å². The summed E-state index contributed by atoms with van der Waals surface area (Å²) in [5, 5.41) is 20.2. The Morgan fingerprint density at radius 3 is 2.31 bits per heavy atom. The third kappa shape index (κ3) is 4.21. The molecule has 1 saturated heterocycles. The van der Waals surface area contributed by atoms with E-state index in [0.29, 0.717) is 0 Å². The number of aliphatic hydroxyl groups excluding tert-OH is 2. The molecule has 2 amide bonds. The molecule has 8 heteroatoms. The van der Waals surface area contributed by atoms with Gasteiger partial charge in [0.15, 0.2) is 0 Å². The molecule has 0 saturated carbocycles. The Kier molecular flexibility index (Phi) is 6.74. The first-order chi connectivity index (χ1) is 15.5. The number of β-amino-alcohol motifs (C(OH)–C–C–N with tert-alkyl or cyclic N) is 1. The molecule has 0 radical (unpaired) electrons. The third-order valence-electron chi connectivity index (χ3n) is 6.01. The molecule has 1 heterocycles. The van der Waals surface area contributed by atoms with Gasteiger partial charge in [-0.05, 0) is 29.2 Å². The molecule has 0 spiro atoms. The molecule has 1 fully saturated rings. The topological polar surface area (TPSA) is 99.5 Å². The molecule has 0 unspecified atom stereocenters. The van der Waals surface area contributed by atoms with Crippen molar-refractivity contribution in [3.8, 4) is 11.1 Å². The number of hydroxylamine groups is 2. The van der Waals surface area contributed by atoms with Crippen LogP contribution in [-0.4, -0.2) is 77.2 Å². The van der Waals surface area contributed by atoms with Gasteiger partial charge in [-0.25, -0.2) is 9.86 Å². The lowest BCUT2D eigenvalue weighted by molar-refractivity contribution is -0.192. The molecule has 2 N–H and O–H groups in total. The third-order valence-corrected chi connectivity index (χ3v) is 6.01. The van der Waals surface area contributed by atoms with E-state index in [2.05, 4.69) is 12.1 Å². The highest BCUT2D eigenvalue weighted by atomic mass is 16.7. The zero-order valence-electron chi connectivity index (χ0n) is 18.0. The average molecular weight is 440 g/mol. The van der Waals surface area contributed by atoms with Gasteiger partial charge in [0, 0.05) is 18.9 Å². The lowest BCUT2D eigenvalue weighted by Gasteiger charge is -2.28. The zero-order chi connectivity index (χ0) is 22.7. The molecule has 32 heavy (non-hydrogen) atoms. The molecular weight excluding hydrogens is 412 g/mol. The lowest BCUT2D eigenvalue weighted by atomic mass is 9.98. The van der Waals surface area contributed by atoms with E-state index >= 15 is 0 Å². The number of benzene rings is 2. The first-order valence-electron chi connectivity index (χ1n) is 10.9. The van der Waals surface area contributed by atoms with E-state index in [1.54, 1.807) is 6.92 Å². The minimum atomic E-state index is -0.876. The Balaban J connectivity index is 1.47. The summed E-state index contributed by atoms with van der Waals surface area (Å²) in [6.45, 7) is 1.89. The second kappa shape index (κ2) is 9.68. The summed E-state index contributed by atoms with van der Waals surface area (Å²) >= 11 is 0. The number of carbonyl (C=O) groups excluding carboxylic acids is 2. The molecule has 0 bridgehead atoms. The monoisotopic (exact) mass is 440 g/mol. The predicted molar refractivity (Wildman–Crippen MR) is 117 cm³/mol. The van der Waals surface area contributed by atoms with Crippen LogP contribution in [-0.2, 0) is 14.4 Å². The van der Waals surface area contributed by atoms with Crippen molar-refractivity contribution >= 4 is 12.0 Å². The van der Waals surface area contributed by atoms with Gasteiger partial charge in [-0.1, -0.05) is 48.5 Å². The van der Waals surface area contributed by atoms with Crippen LogP contribution in [0.2, 0.25) is 0 Å². The number of fused-ring (bicyclic) bond motifs is 3. The fraction of sp³-hybridized carbons (Fsp3) is 0.417. The van der Waals surface area contributed by atoms with Crippen molar-refractivity contribution in [1.82, 2.24) is 9.96 Å². The van der Waals surface area contributed by atoms with Gasteiger partial charge >= 0.3 is 6.09 Å². The molecule has 4 rings (SSSR count). The van der Waals surface area contributed by atoms with Crippen molar-refractivity contribution < 1.29 is 29.4 Å². The minimum absolute atomic E-state index is 0.0185. The van der Waals surface area contributed by atoms with Crippen LogP contribution in [0.1, 0.15) is 30.4 Å². The first-order valence-corrected chi connectivity index (χ1v) is 10.9. The van der Waals surface area contributed by atoms with Gasteiger partial charge < -0.3 is 14.9 Å². The number of likely N-dealkylation sites (tertiary alicyclic amines) is 1. The summed E-state index contributed by atoms with van der Waals surface area (Å²) < 4.78 is 5.67. The summed E-state index contributed by atoms with van der Waals surface area (Å²) in [5.74, 6) is -0.529. The van der Waals surface area contributed by atoms with E-state index in [9.17, 15) is 14.7 Å². The number of aliphatic hydroxyl groups is 2. The predicted octanol–water partition coefficient (Wildman–Crippen LogP) is 2.14. The largest absolute Gasteiger partial charge is 0.448 e. The van der Waals surface area contributed by atoms with E-state index in [4.69, 9.17) is 14.7 Å². The molecule has 2 aromatic rings. The van der Waals surface area contributed by atoms with Gasteiger partial charge in [-0.3, -0.25) is 14.5 Å². The second-order valence-corrected chi connectivity index (χ2v) is 7.95. The second-order valence-electron chi connectivity index (χ2n) is 7.95. The van der Waals surface area contributed by atoms with Crippen molar-refractivity contribution in [2.24, 2.45) is 0 Å². The normalized spacial score (nSPS) is 19.5. The molecule has 2 atom stereocenters. The first kappa shape index (κ1) is 22.3. The number of rotatable bonds is 7. The van der Waals surface area contributed by atoms with Crippen LogP contribution >= 0.6 is 0 Å². The van der Waals surface area contributed by atoms with E-state index in [0.717, 1.165) is 27.3 Å². The molecule has 1 aliphatic heterocycles. The van der Waals surface area contributed by atoms with E-state index in [-0.39, 0.29) is 45.2 Å². The number of likely N-dealkylation sites (N-methyl/N-ethyl adjacent to an activating group) is 1. The van der Waals surface area contributed by atoms with Gasteiger partial charge in [0.2, 0.25) is 0 Å². The van der Waals surface area contributed by atoms with Crippen molar-refractivity contribution in [1.29, 1.82) is 0 Å². The summed E-state index contributed by atoms with van der Waals surface area (Å²) in [6.07, 6.45) is -1.34. The Labute approximate surface area is 186 Å². The fourth-order valence-corrected chi connectivity index (χ4v) is 4.55. The number of ether oxygens (including phenoxy) is 1. The van der Waals surface area contributed by atoms with Crippen LogP contribution in [0.3, 0.4) is 0 Å². The van der Waals surface area contributed by atoms with Crippen molar-refractivity contribution in [2.75, 3.05) is 32.9 Å². The number of nitrogens with zero attached hydrogens (tertiary/aromatic N) is 2. The van der Waals surface area contributed by atoms with Crippen molar-refractivity contribution in [3.05, 3.63) is 59.7 Å². The van der Waals surface area contributed by atoms with E-state index < -0.39 is 24.1 Å². The van der Waals surface area contributed by atoms with Crippen LogP contribution in [0.25, 0.3) is 11.1 Å².